The molecule has 36 heavy (non-hydrogen) atoms. The Morgan fingerprint density at radius 1 is 1.31 bits per heavy atom. The first-order valence-corrected chi connectivity index (χ1v) is 12.0. The van der Waals surface area contributed by atoms with E-state index in [1.807, 2.05) is 13.8 Å². The van der Waals surface area contributed by atoms with Crippen LogP contribution in [0.15, 0.2) is 41.7 Å². The van der Waals surface area contributed by atoms with Crippen LogP contribution in [0.2, 0.25) is 0 Å². The molecule has 10 nitrogen and oxygen atoms in total. The standard InChI is InChI=1S/C26H33N7O3/c1-17-22(5-6-23(30-17)31-25(35)33-12-9-26(2,3)24(33)34)36-20-7-10-28-21(13-20)18(14-27)15-29-19-8-11-32(4)16-19/h5-7,10,13-15,19H,8-9,11-12,16,27H2,1-4H3,(H,30,31,35). The van der Waals surface area contributed by atoms with Crippen LogP contribution in [0.5, 0.6) is 11.5 Å². The van der Waals surface area contributed by atoms with Crippen molar-refractivity contribution in [3.63, 3.8) is 0 Å². The Bertz CT molecular complexity index is 1210. The summed E-state index contributed by atoms with van der Waals surface area (Å²) in [5.41, 5.74) is 7.27. The van der Waals surface area contributed by atoms with E-state index in [1.54, 1.807) is 43.6 Å². The number of carbonyl (C=O) groups is 2. The molecule has 0 aromatic carbocycles. The molecule has 1 unspecified atom stereocenters. The molecule has 0 bridgehead atoms. The number of aliphatic imine (C=N–C) groups is 1. The average molecular weight is 492 g/mol. The van der Waals surface area contributed by atoms with Crippen LogP contribution >= 0.6 is 0 Å². The predicted octanol–water partition coefficient (Wildman–Crippen LogP) is 3.44. The molecule has 0 spiro atoms. The number of nitrogens with two attached hydrogens (primary N) is 1. The summed E-state index contributed by atoms with van der Waals surface area (Å²) in [5, 5.41) is 2.71. The third-order valence-electron chi connectivity index (χ3n) is 6.53. The Balaban J connectivity index is 1.42. The van der Waals surface area contributed by atoms with Gasteiger partial charge in [0.15, 0.2) is 0 Å². The number of likely N-dealkylation sites (tertiary alicyclic amines) is 2. The van der Waals surface area contributed by atoms with Gasteiger partial charge < -0.3 is 15.4 Å². The number of ether oxygens (including phenoxy) is 1. The highest BCUT2D eigenvalue weighted by atomic mass is 16.5. The first-order valence-electron chi connectivity index (χ1n) is 12.0. The Kier molecular flexibility index (Phi) is 7.35. The largest absolute Gasteiger partial charge is 0.455 e. The summed E-state index contributed by atoms with van der Waals surface area (Å²) < 4.78 is 6.04. The van der Waals surface area contributed by atoms with Gasteiger partial charge in [0.1, 0.15) is 17.3 Å². The molecule has 3 N–H and O–H groups in total. The number of amides is 3. The molecule has 2 aliphatic heterocycles. The van der Waals surface area contributed by atoms with Crippen LogP contribution in [0.4, 0.5) is 10.6 Å². The predicted molar refractivity (Wildman–Crippen MR) is 139 cm³/mol. The van der Waals surface area contributed by atoms with Gasteiger partial charge in [0, 0.05) is 48.8 Å². The number of aryl methyl sites for hydroxylation is 1. The number of hydrogen-bond acceptors (Lipinski definition) is 8. The maximum Gasteiger partial charge on any atom is 0.329 e. The van der Waals surface area contributed by atoms with Crippen LogP contribution < -0.4 is 15.8 Å². The third-order valence-corrected chi connectivity index (χ3v) is 6.53. The number of nitrogens with zero attached hydrogens (tertiary/aromatic N) is 5. The second-order valence-electron chi connectivity index (χ2n) is 9.88. The summed E-state index contributed by atoms with van der Waals surface area (Å²) in [6.07, 6.45) is 6.57. The highest BCUT2D eigenvalue weighted by Gasteiger charge is 2.41. The van der Waals surface area contributed by atoms with E-state index in [0.29, 0.717) is 47.2 Å². The van der Waals surface area contributed by atoms with E-state index in [1.165, 1.54) is 11.1 Å². The van der Waals surface area contributed by atoms with Gasteiger partial charge in [-0.3, -0.25) is 25.0 Å². The SMILES string of the molecule is Cc1nc(NC(=O)N2CCC(C)(C)C2=O)ccc1Oc1ccnc(C(C=NC2CCN(C)C2)=CN)c1. The number of pyridine rings is 2. The number of carbonyl (C=O) groups excluding carboxylic acids is 2. The third kappa shape index (κ3) is 5.71. The van der Waals surface area contributed by atoms with E-state index in [2.05, 4.69) is 32.2 Å². The van der Waals surface area contributed by atoms with Crippen LogP contribution in [-0.2, 0) is 4.79 Å². The van der Waals surface area contributed by atoms with E-state index >= 15 is 0 Å². The van der Waals surface area contributed by atoms with Crippen molar-refractivity contribution in [2.45, 2.75) is 39.7 Å². The molecule has 10 heteroatoms. The molecule has 0 radical (unpaired) electrons. The van der Waals surface area contributed by atoms with E-state index in [9.17, 15) is 9.59 Å². The zero-order valence-electron chi connectivity index (χ0n) is 21.2. The van der Waals surface area contributed by atoms with Gasteiger partial charge >= 0.3 is 6.03 Å². The molecular formula is C26H33N7O3. The summed E-state index contributed by atoms with van der Waals surface area (Å²) in [6, 6.07) is 6.69. The van der Waals surface area contributed by atoms with Gasteiger partial charge in [-0.2, -0.15) is 0 Å². The number of likely N-dealkylation sites (N-methyl/N-ethyl adjacent to an activating group) is 1. The number of nitrogens with one attached hydrogen (secondary N) is 1. The fourth-order valence-electron chi connectivity index (χ4n) is 4.23. The number of imide groups is 1. The Hall–Kier alpha value is -3.79. The molecule has 4 rings (SSSR count). The van der Waals surface area contributed by atoms with Crippen molar-refractivity contribution < 1.29 is 14.3 Å². The minimum Gasteiger partial charge on any atom is -0.455 e. The molecule has 2 aromatic rings. The second-order valence-corrected chi connectivity index (χ2v) is 9.88. The average Bonchev–Trinajstić information content (AvgIpc) is 3.38. The highest BCUT2D eigenvalue weighted by molar-refractivity contribution is 6.09. The normalized spacial score (nSPS) is 20.3. The summed E-state index contributed by atoms with van der Waals surface area (Å²) in [7, 11) is 2.09. The van der Waals surface area contributed by atoms with Crippen LogP contribution in [0.1, 0.15) is 38.1 Å². The number of rotatable bonds is 6. The molecule has 2 aromatic heterocycles. The molecule has 0 aliphatic carbocycles. The molecule has 3 amide bonds. The van der Waals surface area contributed by atoms with Crippen molar-refractivity contribution in [2.75, 3.05) is 32.0 Å². The summed E-state index contributed by atoms with van der Waals surface area (Å²) in [5.74, 6) is 1.26. The number of aromatic nitrogens is 2. The minimum absolute atomic E-state index is 0.184. The lowest BCUT2D eigenvalue weighted by Crippen LogP contribution is -2.39. The minimum atomic E-state index is -0.528. The van der Waals surface area contributed by atoms with E-state index in [4.69, 9.17) is 10.5 Å². The van der Waals surface area contributed by atoms with Crippen molar-refractivity contribution in [3.05, 3.63) is 48.1 Å². The summed E-state index contributed by atoms with van der Waals surface area (Å²) in [4.78, 5) is 41.9. The van der Waals surface area contributed by atoms with Crippen molar-refractivity contribution >= 4 is 29.5 Å². The summed E-state index contributed by atoms with van der Waals surface area (Å²) >= 11 is 0. The molecule has 190 valence electrons. The van der Waals surface area contributed by atoms with Crippen LogP contribution in [-0.4, -0.2) is 70.6 Å². The van der Waals surface area contributed by atoms with Crippen molar-refractivity contribution in [3.8, 4) is 11.5 Å². The van der Waals surface area contributed by atoms with Gasteiger partial charge in [-0.25, -0.2) is 9.78 Å². The Morgan fingerprint density at radius 2 is 2.11 bits per heavy atom. The lowest BCUT2D eigenvalue weighted by molar-refractivity contribution is -0.131. The lowest BCUT2D eigenvalue weighted by atomic mass is 9.92. The molecule has 1 atom stereocenters. The Labute approximate surface area is 211 Å². The smallest absolute Gasteiger partial charge is 0.329 e. The molecule has 0 saturated carbocycles. The van der Waals surface area contributed by atoms with Gasteiger partial charge in [-0.05, 0) is 51.6 Å². The van der Waals surface area contributed by atoms with E-state index < -0.39 is 11.4 Å². The number of urea groups is 1. The Morgan fingerprint density at radius 3 is 2.75 bits per heavy atom. The number of hydrogen-bond donors (Lipinski definition) is 2. The first-order chi connectivity index (χ1) is 17.2. The van der Waals surface area contributed by atoms with Crippen molar-refractivity contribution in [1.29, 1.82) is 0 Å². The van der Waals surface area contributed by atoms with Crippen LogP contribution in [0, 0.1) is 12.3 Å². The molecular weight excluding hydrogens is 458 g/mol. The van der Waals surface area contributed by atoms with Gasteiger partial charge in [0.2, 0.25) is 5.91 Å². The number of anilines is 1. The second kappa shape index (κ2) is 10.4. The lowest BCUT2D eigenvalue weighted by Gasteiger charge is -2.18. The first kappa shape index (κ1) is 25.3. The molecule has 2 aliphatic rings. The maximum atomic E-state index is 12.6. The van der Waals surface area contributed by atoms with Gasteiger partial charge in [-0.15, -0.1) is 0 Å². The fourth-order valence-corrected chi connectivity index (χ4v) is 4.23. The topological polar surface area (TPSA) is 126 Å². The fraction of sp³-hybridized carbons (Fsp3) is 0.423. The quantitative estimate of drug-likeness (QED) is 0.593. The zero-order valence-corrected chi connectivity index (χ0v) is 21.2. The van der Waals surface area contributed by atoms with E-state index in [0.717, 1.165) is 19.5 Å². The van der Waals surface area contributed by atoms with E-state index in [-0.39, 0.29) is 11.9 Å². The van der Waals surface area contributed by atoms with Crippen molar-refractivity contribution in [1.82, 2.24) is 19.8 Å². The monoisotopic (exact) mass is 491 g/mol. The molecule has 2 saturated heterocycles. The maximum absolute atomic E-state index is 12.6. The van der Waals surface area contributed by atoms with Crippen LogP contribution in [0.3, 0.4) is 0 Å². The van der Waals surface area contributed by atoms with Crippen molar-refractivity contribution in [2.24, 2.45) is 16.1 Å². The van der Waals surface area contributed by atoms with Gasteiger partial charge in [0.05, 0.1) is 17.4 Å². The number of allylic oxidation sites excluding steroid dienone is 1. The molecule has 4 heterocycles. The van der Waals surface area contributed by atoms with Gasteiger partial charge in [-0.1, -0.05) is 13.8 Å². The van der Waals surface area contributed by atoms with Gasteiger partial charge in [0.25, 0.3) is 0 Å². The zero-order chi connectivity index (χ0) is 25.9. The summed E-state index contributed by atoms with van der Waals surface area (Å²) in [6.45, 7) is 7.83. The highest BCUT2D eigenvalue weighted by Crippen LogP contribution is 2.31. The molecule has 2 fully saturated rings. The van der Waals surface area contributed by atoms with Crippen LogP contribution in [0.25, 0.3) is 5.57 Å².